The summed E-state index contributed by atoms with van der Waals surface area (Å²) in [5.74, 6) is -1.83. The standard InChI is InChI=1S/C20H19FN2O5S/c1-13-20(16-5-3-4-6-17(16)22-13)18(24)12-28-19(25)11-23(2)29(26,27)15-9-7-14(21)8-10-15/h3-10,22H,11-12H2,1-2H3. The number of nitrogens with one attached hydrogen (secondary N) is 1. The molecular weight excluding hydrogens is 399 g/mol. The second-order valence-corrected chi connectivity index (χ2v) is 8.51. The number of hydrogen-bond acceptors (Lipinski definition) is 5. The number of H-pyrrole nitrogens is 1. The third-order valence-corrected chi connectivity index (χ3v) is 6.23. The number of likely N-dealkylation sites (N-methyl/N-ethyl adjacent to an activating group) is 1. The Labute approximate surface area is 167 Å². The van der Waals surface area contributed by atoms with Crippen LogP contribution in [0.1, 0.15) is 16.1 Å². The quantitative estimate of drug-likeness (QED) is 0.470. The van der Waals surface area contributed by atoms with Gasteiger partial charge in [-0.2, -0.15) is 4.31 Å². The molecule has 0 aliphatic heterocycles. The highest BCUT2D eigenvalue weighted by Gasteiger charge is 2.24. The Balaban J connectivity index is 1.64. The number of nitrogens with zero attached hydrogens (tertiary/aromatic N) is 1. The predicted octanol–water partition coefficient (Wildman–Crippen LogP) is 2.66. The smallest absolute Gasteiger partial charge is 0.321 e. The maximum absolute atomic E-state index is 13.0. The third kappa shape index (κ3) is 4.36. The van der Waals surface area contributed by atoms with Crippen molar-refractivity contribution in [1.29, 1.82) is 0 Å². The number of carbonyl (C=O) groups is 2. The Kier molecular flexibility index (Phi) is 5.81. The fourth-order valence-corrected chi connectivity index (χ4v) is 4.07. The minimum atomic E-state index is -3.99. The van der Waals surface area contributed by atoms with E-state index in [0.29, 0.717) is 11.3 Å². The molecule has 0 aliphatic carbocycles. The zero-order valence-corrected chi connectivity index (χ0v) is 16.6. The molecule has 0 spiro atoms. The van der Waals surface area contributed by atoms with Gasteiger partial charge in [-0.25, -0.2) is 12.8 Å². The number of carbonyl (C=O) groups excluding carboxylic acids is 2. The van der Waals surface area contributed by atoms with Crippen molar-refractivity contribution in [3.05, 3.63) is 65.6 Å². The first-order chi connectivity index (χ1) is 13.7. The van der Waals surface area contributed by atoms with Crippen LogP contribution < -0.4 is 0 Å². The molecule has 0 amide bonds. The number of sulfonamides is 1. The van der Waals surface area contributed by atoms with Crippen LogP contribution in [0, 0.1) is 12.7 Å². The maximum Gasteiger partial charge on any atom is 0.321 e. The van der Waals surface area contributed by atoms with Crippen LogP contribution in [0.2, 0.25) is 0 Å². The average Bonchev–Trinajstić information content (AvgIpc) is 3.02. The largest absolute Gasteiger partial charge is 0.456 e. The number of halogens is 1. The lowest BCUT2D eigenvalue weighted by Gasteiger charge is -2.16. The number of fused-ring (bicyclic) bond motifs is 1. The van der Waals surface area contributed by atoms with Crippen molar-refractivity contribution in [2.24, 2.45) is 0 Å². The number of benzene rings is 2. The van der Waals surface area contributed by atoms with Crippen molar-refractivity contribution in [1.82, 2.24) is 9.29 Å². The molecule has 0 radical (unpaired) electrons. The first-order valence-electron chi connectivity index (χ1n) is 8.68. The molecule has 0 aliphatic rings. The van der Waals surface area contributed by atoms with E-state index in [1.54, 1.807) is 19.1 Å². The number of hydrogen-bond donors (Lipinski definition) is 1. The first kappa shape index (κ1) is 20.7. The van der Waals surface area contributed by atoms with E-state index < -0.39 is 40.7 Å². The van der Waals surface area contributed by atoms with Gasteiger partial charge in [-0.1, -0.05) is 18.2 Å². The second-order valence-electron chi connectivity index (χ2n) is 6.47. The van der Waals surface area contributed by atoms with Crippen LogP contribution in [-0.4, -0.2) is 49.7 Å². The van der Waals surface area contributed by atoms with Crippen LogP contribution in [0.3, 0.4) is 0 Å². The van der Waals surface area contributed by atoms with Crippen molar-refractivity contribution < 1.29 is 27.1 Å². The molecule has 7 nitrogen and oxygen atoms in total. The van der Waals surface area contributed by atoms with Gasteiger partial charge in [0.1, 0.15) is 12.4 Å². The van der Waals surface area contributed by atoms with Crippen LogP contribution in [0.15, 0.2) is 53.4 Å². The molecule has 152 valence electrons. The summed E-state index contributed by atoms with van der Waals surface area (Å²) in [4.78, 5) is 27.5. The van der Waals surface area contributed by atoms with Gasteiger partial charge in [0.2, 0.25) is 15.8 Å². The number of aromatic amines is 1. The Morgan fingerprint density at radius 2 is 1.76 bits per heavy atom. The highest BCUT2D eigenvalue weighted by molar-refractivity contribution is 7.89. The summed E-state index contributed by atoms with van der Waals surface area (Å²) in [5.41, 5.74) is 1.88. The fourth-order valence-electron chi connectivity index (χ4n) is 2.95. The molecule has 3 aromatic rings. The van der Waals surface area contributed by atoms with Crippen molar-refractivity contribution in [2.45, 2.75) is 11.8 Å². The van der Waals surface area contributed by atoms with E-state index in [0.717, 1.165) is 39.5 Å². The highest BCUT2D eigenvalue weighted by Crippen LogP contribution is 2.22. The normalized spacial score (nSPS) is 11.7. The topological polar surface area (TPSA) is 96.5 Å². The summed E-state index contributed by atoms with van der Waals surface area (Å²) in [6.45, 7) is 0.657. The molecular formula is C20H19FN2O5S. The van der Waals surface area contributed by atoms with Gasteiger partial charge in [0, 0.05) is 29.2 Å². The molecule has 29 heavy (non-hydrogen) atoms. The average molecular weight is 418 g/mol. The fraction of sp³-hybridized carbons (Fsp3) is 0.200. The summed E-state index contributed by atoms with van der Waals surface area (Å²) in [6.07, 6.45) is 0. The molecule has 9 heteroatoms. The number of ketones is 1. The molecule has 0 unspecified atom stereocenters. The predicted molar refractivity (Wildman–Crippen MR) is 105 cm³/mol. The van der Waals surface area contributed by atoms with E-state index >= 15 is 0 Å². The number of para-hydroxylation sites is 1. The van der Waals surface area contributed by atoms with E-state index in [4.69, 9.17) is 4.74 Å². The van der Waals surface area contributed by atoms with E-state index in [9.17, 15) is 22.4 Å². The van der Waals surface area contributed by atoms with Crippen LogP contribution in [-0.2, 0) is 19.6 Å². The van der Waals surface area contributed by atoms with E-state index in [1.807, 2.05) is 12.1 Å². The van der Waals surface area contributed by atoms with Crippen molar-refractivity contribution in [3.8, 4) is 0 Å². The third-order valence-electron chi connectivity index (χ3n) is 4.41. The summed E-state index contributed by atoms with van der Waals surface area (Å²) >= 11 is 0. The van der Waals surface area contributed by atoms with Crippen molar-refractivity contribution in [2.75, 3.05) is 20.2 Å². The lowest BCUT2D eigenvalue weighted by Crippen LogP contribution is -2.33. The molecule has 1 N–H and O–H groups in total. The molecule has 1 heterocycles. The number of rotatable bonds is 7. The van der Waals surface area contributed by atoms with Gasteiger partial charge in [0.25, 0.3) is 0 Å². The van der Waals surface area contributed by atoms with E-state index in [2.05, 4.69) is 4.98 Å². The lowest BCUT2D eigenvalue weighted by molar-refractivity contribution is -0.142. The van der Waals surface area contributed by atoms with E-state index in [1.165, 1.54) is 7.05 Å². The number of aromatic nitrogens is 1. The molecule has 0 saturated heterocycles. The number of Topliss-reactive ketones (excluding diaryl/α,β-unsaturated/α-hetero) is 1. The second kappa shape index (κ2) is 8.14. The van der Waals surface area contributed by atoms with Gasteiger partial charge >= 0.3 is 5.97 Å². The van der Waals surface area contributed by atoms with Gasteiger partial charge < -0.3 is 9.72 Å². The Bertz CT molecular complexity index is 1170. The zero-order chi connectivity index (χ0) is 21.2. The molecule has 0 saturated carbocycles. The van der Waals surface area contributed by atoms with Crippen LogP contribution in [0.5, 0.6) is 0 Å². The molecule has 0 bridgehead atoms. The van der Waals surface area contributed by atoms with Gasteiger partial charge in [-0.3, -0.25) is 9.59 Å². The Hall–Kier alpha value is -3.04. The number of ether oxygens (including phenoxy) is 1. The lowest BCUT2D eigenvalue weighted by atomic mass is 10.1. The maximum atomic E-state index is 13.0. The Morgan fingerprint density at radius 3 is 2.45 bits per heavy atom. The SMILES string of the molecule is Cc1[nH]c2ccccc2c1C(=O)COC(=O)CN(C)S(=O)(=O)c1ccc(F)cc1. The Morgan fingerprint density at radius 1 is 1.10 bits per heavy atom. The van der Waals surface area contributed by atoms with Gasteiger partial charge in [0.05, 0.1) is 4.90 Å². The van der Waals surface area contributed by atoms with Gasteiger partial charge in [-0.05, 0) is 37.3 Å². The zero-order valence-electron chi connectivity index (χ0n) is 15.8. The van der Waals surface area contributed by atoms with Gasteiger partial charge in [-0.15, -0.1) is 0 Å². The number of esters is 1. The number of aryl methyl sites for hydroxylation is 1. The first-order valence-corrected chi connectivity index (χ1v) is 10.1. The summed E-state index contributed by atoms with van der Waals surface area (Å²) in [7, 11) is -2.79. The molecule has 1 aromatic heterocycles. The van der Waals surface area contributed by atoms with Crippen molar-refractivity contribution >= 4 is 32.7 Å². The van der Waals surface area contributed by atoms with Crippen molar-refractivity contribution in [3.63, 3.8) is 0 Å². The van der Waals surface area contributed by atoms with E-state index in [-0.39, 0.29) is 4.90 Å². The monoisotopic (exact) mass is 418 g/mol. The van der Waals surface area contributed by atoms with Gasteiger partial charge in [0.15, 0.2) is 6.61 Å². The molecule has 0 atom stereocenters. The molecule has 2 aromatic carbocycles. The van der Waals surface area contributed by atoms with Crippen LogP contribution in [0.4, 0.5) is 4.39 Å². The molecule has 0 fully saturated rings. The highest BCUT2D eigenvalue weighted by atomic mass is 32.2. The van der Waals surface area contributed by atoms with Crippen LogP contribution >= 0.6 is 0 Å². The summed E-state index contributed by atoms with van der Waals surface area (Å²) in [6, 6.07) is 11.5. The minimum absolute atomic E-state index is 0.153. The molecule has 3 rings (SSSR count). The summed E-state index contributed by atoms with van der Waals surface area (Å²) < 4.78 is 43.6. The summed E-state index contributed by atoms with van der Waals surface area (Å²) in [5, 5.41) is 0.724. The van der Waals surface area contributed by atoms with Crippen LogP contribution in [0.25, 0.3) is 10.9 Å². The minimum Gasteiger partial charge on any atom is -0.456 e.